The fourth-order valence-electron chi connectivity index (χ4n) is 6.31. The van der Waals surface area contributed by atoms with Crippen molar-refractivity contribution in [2.45, 2.75) is 72.3 Å². The summed E-state index contributed by atoms with van der Waals surface area (Å²) in [6.45, 7) is 11.0. The van der Waals surface area contributed by atoms with Crippen molar-refractivity contribution >= 4 is 5.97 Å². The van der Waals surface area contributed by atoms with Gasteiger partial charge in [0.2, 0.25) is 0 Å². The van der Waals surface area contributed by atoms with E-state index in [-0.39, 0.29) is 11.6 Å². The van der Waals surface area contributed by atoms with Crippen LogP contribution in [0, 0.1) is 28.6 Å². The highest BCUT2D eigenvalue weighted by Gasteiger charge is 2.68. The predicted octanol–water partition coefficient (Wildman–Crippen LogP) is 4.18. The van der Waals surface area contributed by atoms with Crippen molar-refractivity contribution in [3.63, 3.8) is 0 Å². The second kappa shape index (κ2) is 3.77. The smallest absolute Gasteiger partial charge is 0.303 e. The molecule has 0 N–H and O–H groups in total. The average molecular weight is 264 g/mol. The Labute approximate surface area is 117 Å². The van der Waals surface area contributed by atoms with E-state index in [1.165, 1.54) is 25.7 Å². The Hall–Kier alpha value is -0.530. The van der Waals surface area contributed by atoms with Crippen molar-refractivity contribution in [2.24, 2.45) is 28.6 Å². The maximum absolute atomic E-state index is 11.5. The molecule has 0 heterocycles. The van der Waals surface area contributed by atoms with Gasteiger partial charge in [0.25, 0.3) is 0 Å². The van der Waals surface area contributed by atoms with Gasteiger partial charge in [0.15, 0.2) is 0 Å². The van der Waals surface area contributed by atoms with Crippen molar-refractivity contribution in [3.05, 3.63) is 0 Å². The molecule has 0 aromatic heterocycles. The Morgan fingerprint density at radius 2 is 1.79 bits per heavy atom. The SMILES string of the molecule is CC(=O)O[C@@]1(C)CC[C@@]23C[C@H]1C(C)(C)[C@@H]2CC[C@H]3C. The van der Waals surface area contributed by atoms with Gasteiger partial charge in [-0.1, -0.05) is 20.8 Å². The Morgan fingerprint density at radius 3 is 2.42 bits per heavy atom. The molecule has 3 saturated carbocycles. The minimum atomic E-state index is -0.232. The number of carbonyl (C=O) groups excluding carboxylic acids is 1. The number of fused-ring (bicyclic) bond motifs is 1. The standard InChI is InChI=1S/C17H28O2/c1-11-6-7-13-15(3,4)14-10-17(11,13)9-8-16(14,5)19-12(2)18/h11,13-14H,6-10H2,1-5H3/t11-,13+,14+,16+,17+/m1/s1. The third-order valence-corrected chi connectivity index (χ3v) is 7.15. The van der Waals surface area contributed by atoms with Gasteiger partial charge in [-0.3, -0.25) is 4.79 Å². The maximum atomic E-state index is 11.5. The van der Waals surface area contributed by atoms with Gasteiger partial charge in [-0.25, -0.2) is 0 Å². The molecule has 0 unspecified atom stereocenters. The monoisotopic (exact) mass is 264 g/mol. The number of carbonyl (C=O) groups is 1. The van der Waals surface area contributed by atoms with E-state index in [0.717, 1.165) is 18.3 Å². The van der Waals surface area contributed by atoms with Crippen LogP contribution in [0.2, 0.25) is 0 Å². The van der Waals surface area contributed by atoms with E-state index >= 15 is 0 Å². The molecule has 0 aromatic rings. The lowest BCUT2D eigenvalue weighted by atomic mass is 9.64. The van der Waals surface area contributed by atoms with Gasteiger partial charge in [0.05, 0.1) is 0 Å². The van der Waals surface area contributed by atoms with Crippen molar-refractivity contribution in [2.75, 3.05) is 0 Å². The Balaban J connectivity index is 1.99. The second-order valence-electron chi connectivity index (χ2n) is 8.25. The molecule has 19 heavy (non-hydrogen) atoms. The largest absolute Gasteiger partial charge is 0.459 e. The molecule has 0 saturated heterocycles. The van der Waals surface area contributed by atoms with Crippen LogP contribution >= 0.6 is 0 Å². The second-order valence-corrected chi connectivity index (χ2v) is 8.25. The van der Waals surface area contributed by atoms with E-state index < -0.39 is 0 Å². The van der Waals surface area contributed by atoms with Gasteiger partial charge >= 0.3 is 5.97 Å². The summed E-state index contributed by atoms with van der Waals surface area (Å²) in [5.74, 6) is 2.10. The van der Waals surface area contributed by atoms with Gasteiger partial charge in [0.1, 0.15) is 5.60 Å². The van der Waals surface area contributed by atoms with E-state index in [1.54, 1.807) is 6.92 Å². The minimum absolute atomic E-state index is 0.112. The highest BCUT2D eigenvalue weighted by atomic mass is 16.6. The third kappa shape index (κ3) is 1.58. The van der Waals surface area contributed by atoms with Crippen LogP contribution in [0.15, 0.2) is 0 Å². The Bertz CT molecular complexity index is 413. The number of hydrogen-bond acceptors (Lipinski definition) is 2. The number of esters is 1. The summed E-state index contributed by atoms with van der Waals surface area (Å²) in [7, 11) is 0. The molecule has 2 heteroatoms. The Kier molecular flexibility index (Phi) is 2.67. The molecule has 3 aliphatic carbocycles. The quantitative estimate of drug-likeness (QED) is 0.664. The highest BCUT2D eigenvalue weighted by Crippen LogP contribution is 2.73. The van der Waals surface area contributed by atoms with Gasteiger partial charge in [0, 0.05) is 12.8 Å². The molecule has 0 amide bonds. The zero-order valence-electron chi connectivity index (χ0n) is 13.1. The first-order chi connectivity index (χ1) is 8.72. The summed E-state index contributed by atoms with van der Waals surface area (Å²) in [4.78, 5) is 11.5. The van der Waals surface area contributed by atoms with Crippen molar-refractivity contribution in [3.8, 4) is 0 Å². The first kappa shape index (κ1) is 13.5. The van der Waals surface area contributed by atoms with E-state index in [9.17, 15) is 4.79 Å². The number of rotatable bonds is 1. The zero-order valence-corrected chi connectivity index (χ0v) is 13.1. The summed E-state index contributed by atoms with van der Waals surface area (Å²) in [5, 5.41) is 0. The lowest BCUT2D eigenvalue weighted by Crippen LogP contribution is -2.47. The van der Waals surface area contributed by atoms with Gasteiger partial charge in [-0.2, -0.15) is 0 Å². The van der Waals surface area contributed by atoms with E-state index in [4.69, 9.17) is 4.74 Å². The highest BCUT2D eigenvalue weighted by molar-refractivity contribution is 5.66. The Morgan fingerprint density at radius 1 is 1.11 bits per heavy atom. The molecule has 2 bridgehead atoms. The van der Waals surface area contributed by atoms with Crippen LogP contribution in [0.5, 0.6) is 0 Å². The molecule has 108 valence electrons. The topological polar surface area (TPSA) is 26.3 Å². The summed E-state index contributed by atoms with van der Waals surface area (Å²) in [6, 6.07) is 0. The lowest BCUT2D eigenvalue weighted by Gasteiger charge is -2.46. The van der Waals surface area contributed by atoms with E-state index in [1.807, 2.05) is 0 Å². The molecular weight excluding hydrogens is 236 g/mol. The minimum Gasteiger partial charge on any atom is -0.459 e. The molecule has 3 rings (SSSR count). The van der Waals surface area contributed by atoms with Crippen LogP contribution in [0.4, 0.5) is 0 Å². The summed E-state index contributed by atoms with van der Waals surface area (Å²) >= 11 is 0. The lowest BCUT2D eigenvalue weighted by molar-refractivity contribution is -0.171. The molecule has 0 aromatic carbocycles. The van der Waals surface area contributed by atoms with Crippen LogP contribution in [0.3, 0.4) is 0 Å². The number of ether oxygens (including phenoxy) is 1. The van der Waals surface area contributed by atoms with Crippen LogP contribution in [0.25, 0.3) is 0 Å². The third-order valence-electron chi connectivity index (χ3n) is 7.15. The fraction of sp³-hybridized carbons (Fsp3) is 0.941. The van der Waals surface area contributed by atoms with Gasteiger partial charge in [-0.15, -0.1) is 0 Å². The molecule has 2 nitrogen and oxygen atoms in total. The first-order valence-electron chi connectivity index (χ1n) is 7.92. The maximum Gasteiger partial charge on any atom is 0.303 e. The van der Waals surface area contributed by atoms with Crippen molar-refractivity contribution < 1.29 is 9.53 Å². The van der Waals surface area contributed by atoms with Crippen LogP contribution < -0.4 is 0 Å². The molecule has 3 fully saturated rings. The number of hydrogen-bond donors (Lipinski definition) is 0. The zero-order chi connectivity index (χ0) is 14.1. The predicted molar refractivity (Wildman–Crippen MR) is 75.6 cm³/mol. The fourth-order valence-corrected chi connectivity index (χ4v) is 6.31. The van der Waals surface area contributed by atoms with Crippen LogP contribution in [-0.2, 0) is 9.53 Å². The normalized spacial score (nSPS) is 50.9. The van der Waals surface area contributed by atoms with E-state index in [0.29, 0.717) is 16.7 Å². The molecule has 0 aliphatic heterocycles. The van der Waals surface area contributed by atoms with Crippen LogP contribution in [-0.4, -0.2) is 11.6 Å². The average Bonchev–Trinajstić information content (AvgIpc) is 2.69. The summed E-state index contributed by atoms with van der Waals surface area (Å²) < 4.78 is 5.80. The van der Waals surface area contributed by atoms with Crippen molar-refractivity contribution in [1.82, 2.24) is 0 Å². The first-order valence-corrected chi connectivity index (χ1v) is 7.92. The summed E-state index contributed by atoms with van der Waals surface area (Å²) in [5.41, 5.74) is 0.629. The van der Waals surface area contributed by atoms with Crippen LogP contribution in [0.1, 0.15) is 66.7 Å². The summed E-state index contributed by atoms with van der Waals surface area (Å²) in [6.07, 6.45) is 6.35. The van der Waals surface area contributed by atoms with Gasteiger partial charge < -0.3 is 4.74 Å². The molecular formula is C17H28O2. The molecule has 0 radical (unpaired) electrons. The molecule has 1 spiro atoms. The van der Waals surface area contributed by atoms with Gasteiger partial charge in [-0.05, 0) is 61.7 Å². The van der Waals surface area contributed by atoms with E-state index in [2.05, 4.69) is 27.7 Å². The van der Waals surface area contributed by atoms with Crippen molar-refractivity contribution in [1.29, 1.82) is 0 Å². The molecule has 5 atom stereocenters. The molecule has 3 aliphatic rings.